The summed E-state index contributed by atoms with van der Waals surface area (Å²) in [4.78, 5) is 28.4. The van der Waals surface area contributed by atoms with Crippen LogP contribution in [-0.2, 0) is 16.0 Å². The number of hydrogen-bond acceptors (Lipinski definition) is 4. The van der Waals surface area contributed by atoms with Crippen LogP contribution in [0.25, 0.3) is 0 Å². The fourth-order valence-electron chi connectivity index (χ4n) is 3.08. The normalized spacial score (nSPS) is 17.4. The SMILES string of the molecule is CC(=O)N1C[C@@H](C)CN(C(=O)Cc2cc(C)on2)c2ccccc21. The smallest absolute Gasteiger partial charge is 0.233 e. The highest BCUT2D eigenvalue weighted by Gasteiger charge is 2.29. The molecule has 1 aliphatic heterocycles. The number of nitrogens with zero attached hydrogens (tertiary/aromatic N) is 3. The predicted octanol–water partition coefficient (Wildman–Crippen LogP) is 2.56. The van der Waals surface area contributed by atoms with Crippen LogP contribution in [0.3, 0.4) is 0 Å². The first kappa shape index (κ1) is 16.2. The first-order valence-electron chi connectivity index (χ1n) is 8.05. The molecule has 24 heavy (non-hydrogen) atoms. The lowest BCUT2D eigenvalue weighted by Crippen LogP contribution is -2.36. The Labute approximate surface area is 141 Å². The van der Waals surface area contributed by atoms with Gasteiger partial charge in [-0.1, -0.05) is 24.2 Å². The molecule has 1 aliphatic rings. The Balaban J connectivity index is 1.95. The molecule has 0 saturated carbocycles. The molecule has 0 unspecified atom stereocenters. The van der Waals surface area contributed by atoms with Crippen molar-refractivity contribution in [3.05, 3.63) is 41.8 Å². The molecular formula is C18H21N3O3. The predicted molar refractivity (Wildman–Crippen MR) is 90.9 cm³/mol. The summed E-state index contributed by atoms with van der Waals surface area (Å²) in [5.41, 5.74) is 2.16. The number of carbonyl (C=O) groups excluding carboxylic acids is 2. The summed E-state index contributed by atoms with van der Waals surface area (Å²) in [7, 11) is 0. The Hall–Kier alpha value is -2.63. The van der Waals surface area contributed by atoms with E-state index in [0.29, 0.717) is 24.5 Å². The van der Waals surface area contributed by atoms with E-state index < -0.39 is 0 Å². The number of carbonyl (C=O) groups is 2. The van der Waals surface area contributed by atoms with Crippen molar-refractivity contribution in [3.63, 3.8) is 0 Å². The van der Waals surface area contributed by atoms with Gasteiger partial charge in [-0.25, -0.2) is 0 Å². The van der Waals surface area contributed by atoms with Crippen molar-refractivity contribution < 1.29 is 14.1 Å². The fourth-order valence-corrected chi connectivity index (χ4v) is 3.08. The van der Waals surface area contributed by atoms with Crippen molar-refractivity contribution in [3.8, 4) is 0 Å². The quantitative estimate of drug-likeness (QED) is 0.850. The Morgan fingerprint density at radius 2 is 1.83 bits per heavy atom. The van der Waals surface area contributed by atoms with E-state index in [0.717, 1.165) is 11.4 Å². The molecule has 0 aliphatic carbocycles. The summed E-state index contributed by atoms with van der Waals surface area (Å²) in [6.07, 6.45) is 0.179. The molecule has 1 aromatic carbocycles. The van der Waals surface area contributed by atoms with Gasteiger partial charge < -0.3 is 14.3 Å². The standard InChI is InChI=1S/C18H21N3O3/c1-12-10-20(14(3)22)16-6-4-5-7-17(16)21(11-12)18(23)9-15-8-13(2)24-19-15/h4-8,12H,9-11H2,1-3H3/t12-/m1/s1. The summed E-state index contributed by atoms with van der Waals surface area (Å²) in [6, 6.07) is 9.31. The zero-order valence-electron chi connectivity index (χ0n) is 14.2. The molecule has 2 aromatic rings. The molecular weight excluding hydrogens is 306 g/mol. The number of para-hydroxylation sites is 2. The van der Waals surface area contributed by atoms with Gasteiger partial charge in [-0.2, -0.15) is 0 Å². The van der Waals surface area contributed by atoms with Crippen LogP contribution < -0.4 is 9.80 Å². The molecule has 6 nitrogen and oxygen atoms in total. The average molecular weight is 327 g/mol. The highest BCUT2D eigenvalue weighted by Crippen LogP contribution is 2.34. The van der Waals surface area contributed by atoms with E-state index >= 15 is 0 Å². The summed E-state index contributed by atoms with van der Waals surface area (Å²) < 4.78 is 5.04. The molecule has 2 heterocycles. The summed E-state index contributed by atoms with van der Waals surface area (Å²) in [5.74, 6) is 0.790. The summed E-state index contributed by atoms with van der Waals surface area (Å²) in [5, 5.41) is 3.91. The van der Waals surface area contributed by atoms with E-state index in [9.17, 15) is 9.59 Å². The van der Waals surface area contributed by atoms with Crippen LogP contribution in [0.1, 0.15) is 25.3 Å². The number of benzene rings is 1. The number of anilines is 2. The second kappa shape index (κ2) is 6.47. The largest absolute Gasteiger partial charge is 0.361 e. The van der Waals surface area contributed by atoms with Crippen molar-refractivity contribution in [1.29, 1.82) is 0 Å². The number of aromatic nitrogens is 1. The van der Waals surface area contributed by atoms with E-state index in [4.69, 9.17) is 4.52 Å². The van der Waals surface area contributed by atoms with Crippen molar-refractivity contribution in [1.82, 2.24) is 5.16 Å². The molecule has 0 spiro atoms. The summed E-state index contributed by atoms with van der Waals surface area (Å²) in [6.45, 7) is 6.56. The van der Waals surface area contributed by atoms with Gasteiger partial charge in [0.2, 0.25) is 11.8 Å². The van der Waals surface area contributed by atoms with Gasteiger partial charge in [0.25, 0.3) is 0 Å². The Morgan fingerprint density at radius 1 is 1.21 bits per heavy atom. The minimum atomic E-state index is -0.0481. The molecule has 1 aromatic heterocycles. The second-order valence-electron chi connectivity index (χ2n) is 6.33. The van der Waals surface area contributed by atoms with Gasteiger partial charge in [-0.3, -0.25) is 9.59 Å². The Morgan fingerprint density at radius 3 is 2.42 bits per heavy atom. The molecule has 3 rings (SSSR count). The minimum Gasteiger partial charge on any atom is -0.361 e. The third-order valence-electron chi connectivity index (χ3n) is 4.14. The molecule has 0 saturated heterocycles. The van der Waals surface area contributed by atoms with Crippen LogP contribution in [-0.4, -0.2) is 30.1 Å². The zero-order valence-corrected chi connectivity index (χ0v) is 14.2. The second-order valence-corrected chi connectivity index (χ2v) is 6.33. The molecule has 0 bridgehead atoms. The van der Waals surface area contributed by atoms with Crippen LogP contribution in [0.15, 0.2) is 34.9 Å². The van der Waals surface area contributed by atoms with Gasteiger partial charge in [-0.05, 0) is 25.0 Å². The van der Waals surface area contributed by atoms with Gasteiger partial charge in [0.15, 0.2) is 0 Å². The van der Waals surface area contributed by atoms with Crippen molar-refractivity contribution in [2.75, 3.05) is 22.9 Å². The van der Waals surface area contributed by atoms with E-state index in [2.05, 4.69) is 5.16 Å². The van der Waals surface area contributed by atoms with Crippen LogP contribution >= 0.6 is 0 Å². The lowest BCUT2D eigenvalue weighted by atomic mass is 10.1. The highest BCUT2D eigenvalue weighted by molar-refractivity contribution is 6.02. The lowest BCUT2D eigenvalue weighted by Gasteiger charge is -2.24. The maximum atomic E-state index is 12.9. The highest BCUT2D eigenvalue weighted by atomic mass is 16.5. The maximum absolute atomic E-state index is 12.9. The molecule has 6 heteroatoms. The number of hydrogen-bond donors (Lipinski definition) is 0. The van der Waals surface area contributed by atoms with Crippen molar-refractivity contribution in [2.24, 2.45) is 5.92 Å². The van der Waals surface area contributed by atoms with Crippen LogP contribution in [0, 0.1) is 12.8 Å². The zero-order chi connectivity index (χ0) is 17.3. The van der Waals surface area contributed by atoms with E-state index in [1.165, 1.54) is 0 Å². The fraction of sp³-hybridized carbons (Fsp3) is 0.389. The molecule has 126 valence electrons. The van der Waals surface area contributed by atoms with Gasteiger partial charge in [0, 0.05) is 26.1 Å². The van der Waals surface area contributed by atoms with Crippen molar-refractivity contribution >= 4 is 23.2 Å². The Kier molecular flexibility index (Phi) is 4.38. The maximum Gasteiger partial charge on any atom is 0.233 e. The molecule has 0 fully saturated rings. The van der Waals surface area contributed by atoms with E-state index in [1.807, 2.05) is 31.2 Å². The van der Waals surface area contributed by atoms with Gasteiger partial charge in [0.05, 0.1) is 23.5 Å². The molecule has 0 N–H and O–H groups in total. The molecule has 0 radical (unpaired) electrons. The van der Waals surface area contributed by atoms with Crippen LogP contribution in [0.4, 0.5) is 11.4 Å². The van der Waals surface area contributed by atoms with Crippen molar-refractivity contribution in [2.45, 2.75) is 27.2 Å². The lowest BCUT2D eigenvalue weighted by molar-refractivity contribution is -0.118. The third kappa shape index (κ3) is 3.18. The van der Waals surface area contributed by atoms with Crippen LogP contribution in [0.5, 0.6) is 0 Å². The Bertz CT molecular complexity index is 768. The van der Waals surface area contributed by atoms with Crippen LogP contribution in [0.2, 0.25) is 0 Å². The monoisotopic (exact) mass is 327 g/mol. The first-order valence-corrected chi connectivity index (χ1v) is 8.05. The molecule has 2 amide bonds. The number of amides is 2. The minimum absolute atomic E-state index is 0.0178. The first-order chi connectivity index (χ1) is 11.5. The number of aryl methyl sites for hydroxylation is 1. The van der Waals surface area contributed by atoms with Gasteiger partial charge in [0.1, 0.15) is 5.76 Å². The number of fused-ring (bicyclic) bond motifs is 1. The topological polar surface area (TPSA) is 66.7 Å². The average Bonchev–Trinajstić information content (AvgIpc) is 2.87. The third-order valence-corrected chi connectivity index (χ3v) is 4.14. The van der Waals surface area contributed by atoms with E-state index in [-0.39, 0.29) is 24.2 Å². The number of rotatable bonds is 2. The molecule has 1 atom stereocenters. The van der Waals surface area contributed by atoms with Gasteiger partial charge in [-0.15, -0.1) is 0 Å². The van der Waals surface area contributed by atoms with E-state index in [1.54, 1.807) is 29.7 Å². The van der Waals surface area contributed by atoms with Gasteiger partial charge >= 0.3 is 0 Å². The summed E-state index contributed by atoms with van der Waals surface area (Å²) >= 11 is 0.